The summed E-state index contributed by atoms with van der Waals surface area (Å²) in [7, 11) is 1.30. The molecule has 0 bridgehead atoms. The number of methoxy groups -OCH3 is 1. The van der Waals surface area contributed by atoms with Crippen LogP contribution in [0.25, 0.3) is 0 Å². The Morgan fingerprint density at radius 1 is 1.17 bits per heavy atom. The van der Waals surface area contributed by atoms with Crippen LogP contribution in [0, 0.1) is 0 Å². The van der Waals surface area contributed by atoms with Crippen molar-refractivity contribution in [3.63, 3.8) is 0 Å². The normalized spacial score (nSPS) is 15.2. The lowest BCUT2D eigenvalue weighted by Gasteiger charge is -2.19. The molecule has 0 radical (unpaired) electrons. The van der Waals surface area contributed by atoms with Gasteiger partial charge in [0.1, 0.15) is 11.3 Å². The van der Waals surface area contributed by atoms with Crippen molar-refractivity contribution >= 4 is 23.2 Å². The molecule has 0 fully saturated rings. The van der Waals surface area contributed by atoms with Gasteiger partial charge in [0.25, 0.3) is 11.5 Å². The van der Waals surface area contributed by atoms with Gasteiger partial charge in [-0.25, -0.2) is 4.79 Å². The molecule has 5 rings (SSSR count). The largest absolute Gasteiger partial charge is 0.492 e. The highest BCUT2D eigenvalue weighted by Gasteiger charge is 2.31. The minimum Gasteiger partial charge on any atom is -0.492 e. The third-order valence-corrected chi connectivity index (χ3v) is 7.38. The maximum Gasteiger partial charge on any atom is 0.343 e. The number of carbonyl (C=O) groups is 2. The summed E-state index contributed by atoms with van der Waals surface area (Å²) in [5, 5.41) is 8.13. The summed E-state index contributed by atoms with van der Waals surface area (Å²) >= 11 is 1.60. The molecular formula is C25H27N3O6S. The topological polar surface area (TPSA) is 104 Å². The van der Waals surface area contributed by atoms with Gasteiger partial charge in [0.05, 0.1) is 19.4 Å². The first-order valence-electron chi connectivity index (χ1n) is 11.8. The summed E-state index contributed by atoms with van der Waals surface area (Å²) in [4.78, 5) is 40.7. The van der Waals surface area contributed by atoms with E-state index >= 15 is 0 Å². The van der Waals surface area contributed by atoms with E-state index in [9.17, 15) is 14.4 Å². The quantitative estimate of drug-likeness (QED) is 0.483. The van der Waals surface area contributed by atoms with Gasteiger partial charge in [0.15, 0.2) is 0 Å². The molecule has 0 saturated carbocycles. The first kappa shape index (κ1) is 23.3. The van der Waals surface area contributed by atoms with Crippen LogP contribution in [-0.2, 0) is 37.0 Å². The summed E-state index contributed by atoms with van der Waals surface area (Å²) in [5.41, 5.74) is 3.38. The highest BCUT2D eigenvalue weighted by Crippen LogP contribution is 2.27. The van der Waals surface area contributed by atoms with Gasteiger partial charge in [-0.3, -0.25) is 9.59 Å². The zero-order valence-corrected chi connectivity index (χ0v) is 20.4. The number of aryl methyl sites for hydroxylation is 1. The second kappa shape index (κ2) is 10.1. The van der Waals surface area contributed by atoms with Crippen LogP contribution in [0.3, 0.4) is 0 Å². The van der Waals surface area contributed by atoms with Crippen molar-refractivity contribution in [2.75, 3.05) is 26.8 Å². The molecule has 0 N–H and O–H groups in total. The number of thiophene rings is 1. The Bertz CT molecular complexity index is 1290. The Balaban J connectivity index is 1.39. The van der Waals surface area contributed by atoms with Crippen LogP contribution >= 0.6 is 11.3 Å². The van der Waals surface area contributed by atoms with E-state index in [0.29, 0.717) is 44.0 Å². The van der Waals surface area contributed by atoms with Crippen LogP contribution in [-0.4, -0.2) is 53.3 Å². The van der Waals surface area contributed by atoms with Gasteiger partial charge in [-0.15, -0.1) is 0 Å². The van der Waals surface area contributed by atoms with Crippen molar-refractivity contribution in [3.8, 4) is 5.75 Å². The van der Waals surface area contributed by atoms with E-state index in [4.69, 9.17) is 14.0 Å². The number of hydrogen-bond donors (Lipinski definition) is 0. The number of ether oxygens (including phenoxy) is 2. The first-order chi connectivity index (χ1) is 17.1. The number of nitrogens with zero attached hydrogens (tertiary/aromatic N) is 3. The molecule has 1 aliphatic heterocycles. The predicted octanol–water partition coefficient (Wildman–Crippen LogP) is 2.88. The van der Waals surface area contributed by atoms with Crippen molar-refractivity contribution in [2.24, 2.45) is 0 Å². The lowest BCUT2D eigenvalue weighted by Crippen LogP contribution is -2.34. The Labute approximate surface area is 206 Å². The number of esters is 1. The maximum atomic E-state index is 13.3. The molecule has 10 heteroatoms. The van der Waals surface area contributed by atoms with Gasteiger partial charge >= 0.3 is 5.97 Å². The Kier molecular flexibility index (Phi) is 6.72. The summed E-state index contributed by atoms with van der Waals surface area (Å²) < 4.78 is 17.9. The van der Waals surface area contributed by atoms with Gasteiger partial charge < -0.3 is 23.5 Å². The highest BCUT2D eigenvalue weighted by molar-refractivity contribution is 7.07. The number of aromatic nitrogens is 2. The van der Waals surface area contributed by atoms with Crippen LogP contribution in [0.5, 0.6) is 5.75 Å². The van der Waals surface area contributed by atoms with Crippen molar-refractivity contribution in [2.45, 2.75) is 45.1 Å². The Morgan fingerprint density at radius 3 is 2.83 bits per heavy atom. The van der Waals surface area contributed by atoms with Crippen molar-refractivity contribution < 1.29 is 23.6 Å². The second-order valence-electron chi connectivity index (χ2n) is 8.73. The molecule has 0 atom stereocenters. The number of carbonyl (C=O) groups excluding carboxylic acids is 2. The van der Waals surface area contributed by atoms with Gasteiger partial charge in [-0.2, -0.15) is 11.3 Å². The van der Waals surface area contributed by atoms with Gasteiger partial charge in [0.2, 0.25) is 5.76 Å². The maximum absolute atomic E-state index is 13.3. The number of amides is 1. The van der Waals surface area contributed by atoms with Crippen LogP contribution in [0.4, 0.5) is 0 Å². The monoisotopic (exact) mass is 497 g/mol. The molecule has 1 aliphatic carbocycles. The third kappa shape index (κ3) is 4.62. The number of rotatable bonds is 6. The standard InChI is InChI=1S/C25H27N3O6S/c1-32-25(31)22-19-6-9-27(24(30)23-17-4-2-3-5-18(17)26-34-23)10-11-28(19)21(29)14-20(22)33-12-7-16-8-13-35-15-16/h8,13-15H,2-7,9-12H2,1H3. The number of hydrogen-bond acceptors (Lipinski definition) is 8. The molecule has 0 aromatic carbocycles. The van der Waals surface area contributed by atoms with Gasteiger partial charge in [0, 0.05) is 49.8 Å². The molecule has 2 aliphatic rings. The third-order valence-electron chi connectivity index (χ3n) is 6.65. The lowest BCUT2D eigenvalue weighted by atomic mass is 9.96. The SMILES string of the molecule is COC(=O)c1c(OCCc2ccsc2)cc(=O)n2c1CCN(C(=O)c1onc3c1CCCC3)CC2. The minimum absolute atomic E-state index is 0.215. The molecule has 0 unspecified atom stereocenters. The zero-order valence-electron chi connectivity index (χ0n) is 19.6. The number of pyridine rings is 1. The van der Waals surface area contributed by atoms with Crippen molar-refractivity contribution in [1.82, 2.24) is 14.6 Å². The Morgan fingerprint density at radius 2 is 2.03 bits per heavy atom. The van der Waals surface area contributed by atoms with Gasteiger partial charge in [-0.05, 0) is 48.1 Å². The summed E-state index contributed by atoms with van der Waals surface area (Å²) in [5.74, 6) is -0.284. The highest BCUT2D eigenvalue weighted by atomic mass is 32.1. The fourth-order valence-corrected chi connectivity index (χ4v) is 5.51. The fraction of sp³-hybridized carbons (Fsp3) is 0.440. The Hall–Kier alpha value is -3.40. The first-order valence-corrected chi connectivity index (χ1v) is 12.8. The second-order valence-corrected chi connectivity index (χ2v) is 9.51. The molecule has 1 amide bonds. The average Bonchev–Trinajstić information content (AvgIpc) is 3.49. The number of fused-ring (bicyclic) bond motifs is 2. The zero-order chi connectivity index (χ0) is 24.4. The predicted molar refractivity (Wildman–Crippen MR) is 128 cm³/mol. The molecule has 4 heterocycles. The molecule has 3 aromatic heterocycles. The van der Waals surface area contributed by atoms with Crippen molar-refractivity contribution in [1.29, 1.82) is 0 Å². The van der Waals surface area contributed by atoms with Crippen LogP contribution in [0.2, 0.25) is 0 Å². The van der Waals surface area contributed by atoms with E-state index in [1.54, 1.807) is 20.8 Å². The molecule has 0 spiro atoms. The summed E-state index contributed by atoms with van der Waals surface area (Å²) in [6.07, 6.45) is 4.63. The summed E-state index contributed by atoms with van der Waals surface area (Å²) in [6, 6.07) is 3.35. The van der Waals surface area contributed by atoms with E-state index in [1.165, 1.54) is 13.2 Å². The van der Waals surface area contributed by atoms with E-state index in [2.05, 4.69) is 5.16 Å². The van der Waals surface area contributed by atoms with Crippen LogP contribution in [0.1, 0.15) is 56.3 Å². The minimum atomic E-state index is -0.566. The average molecular weight is 498 g/mol. The van der Waals surface area contributed by atoms with E-state index in [0.717, 1.165) is 42.5 Å². The fourth-order valence-electron chi connectivity index (χ4n) is 4.80. The van der Waals surface area contributed by atoms with E-state index in [1.807, 2.05) is 16.8 Å². The van der Waals surface area contributed by atoms with Gasteiger partial charge in [-0.1, -0.05) is 5.16 Å². The van der Waals surface area contributed by atoms with E-state index in [-0.39, 0.29) is 29.3 Å². The van der Waals surface area contributed by atoms with E-state index < -0.39 is 5.97 Å². The van der Waals surface area contributed by atoms with Crippen molar-refractivity contribution in [3.05, 3.63) is 67.1 Å². The van der Waals surface area contributed by atoms with Crippen LogP contribution in [0.15, 0.2) is 32.2 Å². The van der Waals surface area contributed by atoms with Crippen LogP contribution < -0.4 is 10.3 Å². The molecular weight excluding hydrogens is 470 g/mol. The lowest BCUT2D eigenvalue weighted by molar-refractivity contribution is 0.0593. The smallest absolute Gasteiger partial charge is 0.343 e. The molecule has 184 valence electrons. The molecule has 35 heavy (non-hydrogen) atoms. The molecule has 0 saturated heterocycles. The summed E-state index contributed by atoms with van der Waals surface area (Å²) in [6.45, 7) is 1.23. The molecule has 9 nitrogen and oxygen atoms in total. The molecule has 3 aromatic rings.